The maximum Gasteiger partial charge on any atom is 0.243 e. The minimum absolute atomic E-state index is 0.380. The van der Waals surface area contributed by atoms with Crippen molar-refractivity contribution in [3.05, 3.63) is 65.7 Å². The summed E-state index contributed by atoms with van der Waals surface area (Å²) >= 11 is 0. The molecule has 0 aliphatic carbocycles. The number of rotatable bonds is 2. The van der Waals surface area contributed by atoms with E-state index < -0.39 is 21.0 Å². The Bertz CT molecular complexity index is 784. The maximum absolute atomic E-state index is 12.4. The van der Waals surface area contributed by atoms with Gasteiger partial charge in [0.05, 0.1) is 0 Å². The summed E-state index contributed by atoms with van der Waals surface area (Å²) in [5, 5.41) is -0.937. The third-order valence-electron chi connectivity index (χ3n) is 3.53. The fourth-order valence-electron chi connectivity index (χ4n) is 2.64. The van der Waals surface area contributed by atoms with Crippen LogP contribution in [0.4, 0.5) is 5.69 Å². The van der Waals surface area contributed by atoms with E-state index in [1.54, 1.807) is 30.3 Å². The molecular weight excluding hydrogens is 286 g/mol. The number of hydrogen-bond donors (Lipinski definition) is 0. The molecule has 4 nitrogen and oxygen atoms in total. The molecule has 5 heteroatoms. The number of anilines is 1. The molecule has 0 aromatic heterocycles. The first-order valence-electron chi connectivity index (χ1n) is 6.64. The quantitative estimate of drug-likeness (QED) is 0.856. The first-order chi connectivity index (χ1) is 9.99. The van der Waals surface area contributed by atoms with Crippen LogP contribution in [0.25, 0.3) is 0 Å². The van der Waals surface area contributed by atoms with Crippen LogP contribution in [0.1, 0.15) is 16.5 Å². The lowest BCUT2D eigenvalue weighted by atomic mass is 10.1. The average Bonchev–Trinajstić information content (AvgIpc) is 2.69. The molecule has 0 N–H and O–H groups in total. The van der Waals surface area contributed by atoms with Gasteiger partial charge in [-0.3, -0.25) is 9.69 Å². The van der Waals surface area contributed by atoms with Crippen LogP contribution < -0.4 is 4.90 Å². The molecule has 1 atom stereocenters. The molecule has 0 radical (unpaired) electrons. The molecule has 3 rings (SSSR count). The van der Waals surface area contributed by atoms with Gasteiger partial charge in [0, 0.05) is 5.69 Å². The molecule has 21 heavy (non-hydrogen) atoms. The van der Waals surface area contributed by atoms with Crippen LogP contribution >= 0.6 is 0 Å². The molecule has 0 saturated carbocycles. The average molecular weight is 301 g/mol. The second-order valence-electron chi connectivity index (χ2n) is 5.17. The summed E-state index contributed by atoms with van der Waals surface area (Å²) in [6, 6.07) is 16.2. The van der Waals surface area contributed by atoms with E-state index >= 15 is 0 Å². The highest BCUT2D eigenvalue weighted by Crippen LogP contribution is 2.37. The van der Waals surface area contributed by atoms with Gasteiger partial charge >= 0.3 is 0 Å². The topological polar surface area (TPSA) is 54.5 Å². The van der Waals surface area contributed by atoms with E-state index in [1.807, 2.05) is 31.2 Å². The molecule has 1 saturated heterocycles. The van der Waals surface area contributed by atoms with Crippen LogP contribution in [-0.2, 0) is 14.6 Å². The monoisotopic (exact) mass is 301 g/mol. The Hall–Kier alpha value is -2.14. The van der Waals surface area contributed by atoms with Crippen LogP contribution in [0.15, 0.2) is 54.6 Å². The minimum Gasteiger partial charge on any atom is -0.290 e. The van der Waals surface area contributed by atoms with E-state index in [0.717, 1.165) is 5.56 Å². The molecule has 1 heterocycles. The summed E-state index contributed by atoms with van der Waals surface area (Å²) in [6.07, 6.45) is 0. The molecule has 108 valence electrons. The Labute approximate surface area is 123 Å². The van der Waals surface area contributed by atoms with Crippen molar-refractivity contribution >= 4 is 21.4 Å². The predicted octanol–water partition coefficient (Wildman–Crippen LogP) is 2.46. The fraction of sp³-hybridized carbons (Fsp3) is 0.188. The molecule has 2 aromatic carbocycles. The fourth-order valence-corrected chi connectivity index (χ4v) is 4.42. The van der Waals surface area contributed by atoms with Crippen molar-refractivity contribution in [1.29, 1.82) is 0 Å². The zero-order chi connectivity index (χ0) is 15.0. The first-order valence-corrected chi connectivity index (χ1v) is 8.36. The van der Waals surface area contributed by atoms with E-state index in [4.69, 9.17) is 0 Å². The zero-order valence-electron chi connectivity index (χ0n) is 11.6. The van der Waals surface area contributed by atoms with Gasteiger partial charge < -0.3 is 0 Å². The van der Waals surface area contributed by atoms with Gasteiger partial charge in [0.25, 0.3) is 0 Å². The summed E-state index contributed by atoms with van der Waals surface area (Å²) in [6.45, 7) is 1.91. The Morgan fingerprint density at radius 3 is 2.43 bits per heavy atom. The van der Waals surface area contributed by atoms with Gasteiger partial charge in [0.2, 0.25) is 5.91 Å². The minimum atomic E-state index is -3.52. The van der Waals surface area contributed by atoms with Crippen LogP contribution in [-0.4, -0.2) is 20.1 Å². The smallest absolute Gasteiger partial charge is 0.243 e. The van der Waals surface area contributed by atoms with Crippen molar-refractivity contribution in [2.45, 2.75) is 12.3 Å². The molecule has 0 spiro atoms. The summed E-state index contributed by atoms with van der Waals surface area (Å²) < 4.78 is 24.8. The highest BCUT2D eigenvalue weighted by molar-refractivity contribution is 7.93. The lowest BCUT2D eigenvalue weighted by Gasteiger charge is -2.24. The number of benzene rings is 2. The summed E-state index contributed by atoms with van der Waals surface area (Å²) in [5.74, 6) is -0.824. The maximum atomic E-state index is 12.4. The van der Waals surface area contributed by atoms with Gasteiger partial charge in [0.1, 0.15) is 5.75 Å². The Morgan fingerprint density at radius 2 is 1.76 bits per heavy atom. The largest absolute Gasteiger partial charge is 0.290 e. The normalized spacial score (nSPS) is 20.7. The van der Waals surface area contributed by atoms with Gasteiger partial charge in [-0.15, -0.1) is 0 Å². The number of nitrogens with zero attached hydrogens (tertiary/aromatic N) is 1. The van der Waals surface area contributed by atoms with E-state index in [1.165, 1.54) is 4.90 Å². The van der Waals surface area contributed by atoms with Crippen molar-refractivity contribution in [3.63, 3.8) is 0 Å². The number of hydrogen-bond acceptors (Lipinski definition) is 3. The Kier molecular flexibility index (Phi) is 3.29. The number of sulfone groups is 1. The molecular formula is C16H15NO3S. The SMILES string of the molecule is Cc1cccc(N2C(=O)CS(=O)(=O)C2c2ccccc2)c1. The second-order valence-corrected chi connectivity index (χ2v) is 7.23. The van der Waals surface area contributed by atoms with Crippen LogP contribution in [0.2, 0.25) is 0 Å². The number of carbonyl (C=O) groups is 1. The molecule has 2 aromatic rings. The number of amides is 1. The van der Waals surface area contributed by atoms with E-state index in [2.05, 4.69) is 0 Å². The first kappa shape index (κ1) is 13.8. The second kappa shape index (κ2) is 5.00. The lowest BCUT2D eigenvalue weighted by Crippen LogP contribution is -2.29. The zero-order valence-corrected chi connectivity index (χ0v) is 12.4. The summed E-state index contributed by atoms with van der Waals surface area (Å²) in [5.41, 5.74) is 2.22. The van der Waals surface area contributed by atoms with Gasteiger partial charge in [-0.25, -0.2) is 8.42 Å². The number of carbonyl (C=O) groups excluding carboxylic acids is 1. The van der Waals surface area contributed by atoms with Gasteiger partial charge in [0.15, 0.2) is 15.2 Å². The van der Waals surface area contributed by atoms with Gasteiger partial charge in [-0.05, 0) is 30.2 Å². The number of aryl methyl sites for hydroxylation is 1. The van der Waals surface area contributed by atoms with E-state index in [0.29, 0.717) is 11.3 Å². The highest BCUT2D eigenvalue weighted by atomic mass is 32.2. The van der Waals surface area contributed by atoms with Crippen LogP contribution in [0.3, 0.4) is 0 Å². The van der Waals surface area contributed by atoms with E-state index in [9.17, 15) is 13.2 Å². The van der Waals surface area contributed by atoms with Crippen molar-refractivity contribution in [3.8, 4) is 0 Å². The lowest BCUT2D eigenvalue weighted by molar-refractivity contribution is -0.115. The standard InChI is InChI=1S/C16H15NO3S/c1-12-6-5-9-14(10-12)17-15(18)11-21(19,20)16(17)13-7-3-2-4-8-13/h2-10,16H,11H2,1H3. The molecule has 1 aliphatic heterocycles. The Balaban J connectivity index is 2.15. The molecule has 1 amide bonds. The van der Waals surface area contributed by atoms with Crippen molar-refractivity contribution in [2.75, 3.05) is 10.7 Å². The molecule has 1 fully saturated rings. The predicted molar refractivity (Wildman–Crippen MR) is 81.6 cm³/mol. The van der Waals surface area contributed by atoms with E-state index in [-0.39, 0.29) is 5.91 Å². The van der Waals surface area contributed by atoms with Crippen LogP contribution in [0.5, 0.6) is 0 Å². The van der Waals surface area contributed by atoms with Gasteiger partial charge in [-0.2, -0.15) is 0 Å². The molecule has 1 aliphatic rings. The third-order valence-corrected chi connectivity index (χ3v) is 5.35. The van der Waals surface area contributed by atoms with Crippen molar-refractivity contribution < 1.29 is 13.2 Å². The molecule has 0 bridgehead atoms. The Morgan fingerprint density at radius 1 is 1.05 bits per heavy atom. The third kappa shape index (κ3) is 2.45. The molecule has 1 unspecified atom stereocenters. The highest BCUT2D eigenvalue weighted by Gasteiger charge is 2.45. The van der Waals surface area contributed by atoms with Crippen molar-refractivity contribution in [2.24, 2.45) is 0 Å². The summed E-state index contributed by atoms with van der Waals surface area (Å²) in [7, 11) is -3.52. The van der Waals surface area contributed by atoms with Gasteiger partial charge in [-0.1, -0.05) is 42.5 Å². The van der Waals surface area contributed by atoms with Crippen LogP contribution in [0, 0.1) is 6.92 Å². The van der Waals surface area contributed by atoms with Crippen molar-refractivity contribution in [1.82, 2.24) is 0 Å². The summed E-state index contributed by atoms with van der Waals surface area (Å²) in [4.78, 5) is 13.6.